The summed E-state index contributed by atoms with van der Waals surface area (Å²) in [6.07, 6.45) is -0.0795. The molecule has 0 radical (unpaired) electrons. The highest BCUT2D eigenvalue weighted by atomic mass is 16.5. The van der Waals surface area contributed by atoms with Gasteiger partial charge in [-0.05, 0) is 12.1 Å². The van der Waals surface area contributed by atoms with Gasteiger partial charge in [0.2, 0.25) is 0 Å². The van der Waals surface area contributed by atoms with Crippen LogP contribution in [0.25, 0.3) is 0 Å². The van der Waals surface area contributed by atoms with E-state index in [0.717, 1.165) is 0 Å². The van der Waals surface area contributed by atoms with Crippen molar-refractivity contribution in [1.82, 2.24) is 0 Å². The molecule has 0 saturated carbocycles. The minimum absolute atomic E-state index is 0.0617. The molecule has 0 N–H and O–H groups in total. The Kier molecular flexibility index (Phi) is 4.05. The quantitative estimate of drug-likeness (QED) is 0.594. The molecular formula is C14H18O3. The van der Waals surface area contributed by atoms with E-state index in [1.807, 2.05) is 20.8 Å². The Hall–Kier alpha value is -1.64. The lowest BCUT2D eigenvalue weighted by atomic mass is 9.87. The number of para-hydroxylation sites is 1. The first kappa shape index (κ1) is 13.4. The molecule has 0 amide bonds. The number of carbonyl (C=O) groups excluding carboxylic acids is 2. The van der Waals surface area contributed by atoms with Crippen LogP contribution in [-0.4, -0.2) is 18.7 Å². The maximum absolute atomic E-state index is 12.0. The molecule has 0 heterocycles. The van der Waals surface area contributed by atoms with E-state index >= 15 is 0 Å². The molecule has 0 aromatic heterocycles. The second-order valence-corrected chi connectivity index (χ2v) is 4.97. The van der Waals surface area contributed by atoms with E-state index in [1.54, 1.807) is 24.3 Å². The minimum Gasteiger partial charge on any atom is -0.496 e. The fourth-order valence-corrected chi connectivity index (χ4v) is 1.38. The maximum Gasteiger partial charge on any atom is 0.173 e. The summed E-state index contributed by atoms with van der Waals surface area (Å²) in [5.74, 6) is 0.259. The summed E-state index contributed by atoms with van der Waals surface area (Å²) < 4.78 is 5.10. The van der Waals surface area contributed by atoms with Gasteiger partial charge in [-0.3, -0.25) is 9.59 Å². The van der Waals surface area contributed by atoms with Crippen molar-refractivity contribution in [3.8, 4) is 5.75 Å². The third-order valence-corrected chi connectivity index (χ3v) is 2.57. The molecule has 0 aliphatic heterocycles. The molecule has 0 fully saturated rings. The fraction of sp³-hybridized carbons (Fsp3) is 0.429. The third-order valence-electron chi connectivity index (χ3n) is 2.57. The minimum atomic E-state index is -0.488. The SMILES string of the molecule is COc1ccccc1C(=O)CC(=O)C(C)(C)C. The number of carbonyl (C=O) groups is 2. The Balaban J connectivity index is 2.88. The van der Waals surface area contributed by atoms with Crippen molar-refractivity contribution >= 4 is 11.6 Å². The molecule has 0 spiro atoms. The predicted octanol–water partition coefficient (Wildman–Crippen LogP) is 2.88. The van der Waals surface area contributed by atoms with Gasteiger partial charge >= 0.3 is 0 Å². The van der Waals surface area contributed by atoms with Crippen molar-refractivity contribution in [1.29, 1.82) is 0 Å². The number of ether oxygens (including phenoxy) is 1. The van der Waals surface area contributed by atoms with E-state index in [1.165, 1.54) is 7.11 Å². The predicted molar refractivity (Wildman–Crippen MR) is 66.4 cm³/mol. The zero-order chi connectivity index (χ0) is 13.1. The van der Waals surface area contributed by atoms with Gasteiger partial charge < -0.3 is 4.74 Å². The van der Waals surface area contributed by atoms with Crippen LogP contribution in [0.15, 0.2) is 24.3 Å². The molecule has 3 heteroatoms. The molecule has 1 rings (SSSR count). The third kappa shape index (κ3) is 3.41. The molecule has 3 nitrogen and oxygen atoms in total. The smallest absolute Gasteiger partial charge is 0.173 e. The van der Waals surface area contributed by atoms with Gasteiger partial charge in [-0.25, -0.2) is 0 Å². The standard InChI is InChI=1S/C14H18O3/c1-14(2,3)13(16)9-11(15)10-7-5-6-8-12(10)17-4/h5-8H,9H2,1-4H3. The van der Waals surface area contributed by atoms with Crippen LogP contribution in [0.2, 0.25) is 0 Å². The largest absolute Gasteiger partial charge is 0.496 e. The van der Waals surface area contributed by atoms with Gasteiger partial charge in [0.05, 0.1) is 19.1 Å². The van der Waals surface area contributed by atoms with Crippen LogP contribution in [0.1, 0.15) is 37.6 Å². The Morgan fingerprint density at radius 1 is 1.18 bits per heavy atom. The van der Waals surface area contributed by atoms with E-state index in [-0.39, 0.29) is 18.0 Å². The van der Waals surface area contributed by atoms with Crippen molar-refractivity contribution in [2.24, 2.45) is 5.41 Å². The van der Waals surface area contributed by atoms with Crippen LogP contribution in [0, 0.1) is 5.41 Å². The normalized spacial score (nSPS) is 11.1. The van der Waals surface area contributed by atoms with Gasteiger partial charge in [-0.2, -0.15) is 0 Å². The van der Waals surface area contributed by atoms with Crippen molar-refractivity contribution in [2.75, 3.05) is 7.11 Å². The molecule has 0 aliphatic carbocycles. The summed E-state index contributed by atoms with van der Waals surface area (Å²) in [5, 5.41) is 0. The van der Waals surface area contributed by atoms with Crippen LogP contribution < -0.4 is 4.74 Å². The zero-order valence-electron chi connectivity index (χ0n) is 10.7. The van der Waals surface area contributed by atoms with Gasteiger partial charge in [0.1, 0.15) is 11.5 Å². The van der Waals surface area contributed by atoms with E-state index in [9.17, 15) is 9.59 Å². The molecule has 0 aliphatic rings. The molecule has 0 saturated heterocycles. The van der Waals surface area contributed by atoms with Crippen LogP contribution in [0.5, 0.6) is 5.75 Å². The lowest BCUT2D eigenvalue weighted by Gasteiger charge is -2.16. The van der Waals surface area contributed by atoms with Gasteiger partial charge in [-0.1, -0.05) is 32.9 Å². The molecule has 1 aromatic rings. The maximum atomic E-state index is 12.0. The summed E-state index contributed by atoms with van der Waals surface area (Å²) in [4.78, 5) is 23.8. The average Bonchev–Trinajstić information content (AvgIpc) is 2.27. The molecule has 17 heavy (non-hydrogen) atoms. The summed E-state index contributed by atoms with van der Waals surface area (Å²) in [6, 6.07) is 6.95. The molecule has 92 valence electrons. The van der Waals surface area contributed by atoms with Crippen molar-refractivity contribution < 1.29 is 14.3 Å². The lowest BCUT2D eigenvalue weighted by molar-refractivity contribution is -0.125. The highest BCUT2D eigenvalue weighted by Crippen LogP contribution is 2.22. The average molecular weight is 234 g/mol. The van der Waals surface area contributed by atoms with Crippen LogP contribution >= 0.6 is 0 Å². The van der Waals surface area contributed by atoms with Crippen LogP contribution in [0.3, 0.4) is 0 Å². The Morgan fingerprint density at radius 2 is 1.76 bits per heavy atom. The molecule has 0 unspecified atom stereocenters. The Morgan fingerprint density at radius 3 is 2.29 bits per heavy atom. The summed E-state index contributed by atoms with van der Waals surface area (Å²) in [6.45, 7) is 5.43. The van der Waals surface area contributed by atoms with Gasteiger partial charge in [0.15, 0.2) is 5.78 Å². The number of benzene rings is 1. The van der Waals surface area contributed by atoms with Crippen molar-refractivity contribution in [3.63, 3.8) is 0 Å². The summed E-state index contributed by atoms with van der Waals surface area (Å²) >= 11 is 0. The molecule has 1 aromatic carbocycles. The number of hydrogen-bond donors (Lipinski definition) is 0. The van der Waals surface area contributed by atoms with Crippen molar-refractivity contribution in [3.05, 3.63) is 29.8 Å². The zero-order valence-corrected chi connectivity index (χ0v) is 10.7. The molecule has 0 bridgehead atoms. The Bertz CT molecular complexity index is 427. The molecular weight excluding hydrogens is 216 g/mol. The first-order chi connectivity index (χ1) is 7.86. The summed E-state index contributed by atoms with van der Waals surface area (Å²) in [7, 11) is 1.51. The van der Waals surface area contributed by atoms with E-state index in [4.69, 9.17) is 4.74 Å². The monoisotopic (exact) mass is 234 g/mol. The van der Waals surface area contributed by atoms with Crippen LogP contribution in [0.4, 0.5) is 0 Å². The second-order valence-electron chi connectivity index (χ2n) is 4.97. The van der Waals surface area contributed by atoms with Gasteiger partial charge in [-0.15, -0.1) is 0 Å². The molecule has 0 atom stereocenters. The number of hydrogen-bond acceptors (Lipinski definition) is 3. The second kappa shape index (κ2) is 5.13. The topological polar surface area (TPSA) is 43.4 Å². The summed E-state index contributed by atoms with van der Waals surface area (Å²) in [5.41, 5.74) is -0.0230. The Labute approximate surface area is 102 Å². The number of Topliss-reactive ketones (excluding diaryl/α,β-unsaturated/α-hetero) is 2. The highest BCUT2D eigenvalue weighted by molar-refractivity contribution is 6.10. The number of ketones is 2. The van der Waals surface area contributed by atoms with E-state index < -0.39 is 5.41 Å². The first-order valence-corrected chi connectivity index (χ1v) is 5.56. The number of rotatable bonds is 4. The van der Waals surface area contributed by atoms with Crippen molar-refractivity contribution in [2.45, 2.75) is 27.2 Å². The van der Waals surface area contributed by atoms with E-state index in [2.05, 4.69) is 0 Å². The van der Waals surface area contributed by atoms with E-state index in [0.29, 0.717) is 11.3 Å². The fourth-order valence-electron chi connectivity index (χ4n) is 1.38. The van der Waals surface area contributed by atoms with Gasteiger partial charge in [0.25, 0.3) is 0 Å². The number of methoxy groups -OCH3 is 1. The first-order valence-electron chi connectivity index (χ1n) is 5.56. The lowest BCUT2D eigenvalue weighted by Crippen LogP contribution is -2.23. The highest BCUT2D eigenvalue weighted by Gasteiger charge is 2.25. The van der Waals surface area contributed by atoms with Crippen LogP contribution in [-0.2, 0) is 4.79 Å². The van der Waals surface area contributed by atoms with Gasteiger partial charge in [0, 0.05) is 5.41 Å².